The SMILES string of the molecule is N[C@H]1CCCN(c2nc3ccccc3nc2NC2CC2)C1. The maximum atomic E-state index is 6.13. The monoisotopic (exact) mass is 283 g/mol. The maximum absolute atomic E-state index is 6.13. The maximum Gasteiger partial charge on any atom is 0.172 e. The van der Waals surface area contributed by atoms with Gasteiger partial charge < -0.3 is 16.0 Å². The van der Waals surface area contributed by atoms with Gasteiger partial charge in [-0.05, 0) is 37.8 Å². The van der Waals surface area contributed by atoms with E-state index in [4.69, 9.17) is 15.7 Å². The highest BCUT2D eigenvalue weighted by Crippen LogP contribution is 2.31. The lowest BCUT2D eigenvalue weighted by Gasteiger charge is -2.32. The Balaban J connectivity index is 1.76. The minimum Gasteiger partial charge on any atom is -0.364 e. The zero-order chi connectivity index (χ0) is 14.2. The van der Waals surface area contributed by atoms with Crippen LogP contribution in [-0.2, 0) is 0 Å². The summed E-state index contributed by atoms with van der Waals surface area (Å²) in [5, 5.41) is 3.53. The van der Waals surface area contributed by atoms with Gasteiger partial charge in [0.1, 0.15) is 0 Å². The Morgan fingerprint density at radius 3 is 2.57 bits per heavy atom. The van der Waals surface area contributed by atoms with Crippen molar-refractivity contribution in [1.82, 2.24) is 9.97 Å². The first-order chi connectivity index (χ1) is 10.3. The lowest BCUT2D eigenvalue weighted by Crippen LogP contribution is -2.43. The number of anilines is 2. The molecule has 4 rings (SSSR count). The summed E-state index contributed by atoms with van der Waals surface area (Å²) in [6.45, 7) is 1.88. The van der Waals surface area contributed by atoms with E-state index in [9.17, 15) is 0 Å². The molecule has 1 aliphatic heterocycles. The molecule has 1 saturated heterocycles. The van der Waals surface area contributed by atoms with Crippen molar-refractivity contribution in [3.8, 4) is 0 Å². The normalized spacial score (nSPS) is 22.5. The summed E-state index contributed by atoms with van der Waals surface area (Å²) in [5.41, 5.74) is 8.03. The summed E-state index contributed by atoms with van der Waals surface area (Å²) in [5.74, 6) is 1.89. The number of nitrogens with zero attached hydrogens (tertiary/aromatic N) is 3. The molecule has 110 valence electrons. The smallest absolute Gasteiger partial charge is 0.172 e. The third-order valence-corrected chi connectivity index (χ3v) is 4.23. The molecule has 2 aromatic rings. The number of rotatable bonds is 3. The quantitative estimate of drug-likeness (QED) is 0.903. The molecule has 3 N–H and O–H groups in total. The number of para-hydroxylation sites is 2. The zero-order valence-electron chi connectivity index (χ0n) is 12.1. The Labute approximate surface area is 124 Å². The van der Waals surface area contributed by atoms with E-state index in [1.54, 1.807) is 0 Å². The third-order valence-electron chi connectivity index (χ3n) is 4.23. The van der Waals surface area contributed by atoms with Crippen LogP contribution in [0.25, 0.3) is 11.0 Å². The van der Waals surface area contributed by atoms with Crippen molar-refractivity contribution < 1.29 is 0 Å². The van der Waals surface area contributed by atoms with Gasteiger partial charge in [0.25, 0.3) is 0 Å². The van der Waals surface area contributed by atoms with E-state index in [1.165, 1.54) is 12.8 Å². The second kappa shape index (κ2) is 5.15. The molecule has 21 heavy (non-hydrogen) atoms. The molecule has 1 saturated carbocycles. The number of piperidine rings is 1. The molecule has 2 heterocycles. The number of nitrogens with one attached hydrogen (secondary N) is 1. The second-order valence-corrected chi connectivity index (χ2v) is 6.15. The summed E-state index contributed by atoms with van der Waals surface area (Å²) >= 11 is 0. The van der Waals surface area contributed by atoms with E-state index >= 15 is 0 Å². The molecular formula is C16H21N5. The summed E-state index contributed by atoms with van der Waals surface area (Å²) < 4.78 is 0. The lowest BCUT2D eigenvalue weighted by molar-refractivity contribution is 0.503. The first-order valence-electron chi connectivity index (χ1n) is 7.83. The molecule has 1 aliphatic carbocycles. The van der Waals surface area contributed by atoms with Crippen molar-refractivity contribution in [3.05, 3.63) is 24.3 Å². The van der Waals surface area contributed by atoms with Gasteiger partial charge >= 0.3 is 0 Å². The van der Waals surface area contributed by atoms with Crippen LogP contribution in [0.5, 0.6) is 0 Å². The van der Waals surface area contributed by atoms with Crippen LogP contribution in [0.3, 0.4) is 0 Å². The van der Waals surface area contributed by atoms with Crippen LogP contribution < -0.4 is 16.0 Å². The van der Waals surface area contributed by atoms with Crippen LogP contribution in [0, 0.1) is 0 Å². The average molecular weight is 283 g/mol. The van der Waals surface area contributed by atoms with Gasteiger partial charge in [-0.2, -0.15) is 0 Å². The first kappa shape index (κ1) is 12.8. The Hall–Kier alpha value is -1.88. The van der Waals surface area contributed by atoms with E-state index in [1.807, 2.05) is 24.3 Å². The molecule has 0 bridgehead atoms. The minimum atomic E-state index is 0.237. The Morgan fingerprint density at radius 2 is 1.86 bits per heavy atom. The summed E-state index contributed by atoms with van der Waals surface area (Å²) in [7, 11) is 0. The number of hydrogen-bond acceptors (Lipinski definition) is 5. The van der Waals surface area contributed by atoms with E-state index in [2.05, 4.69) is 10.2 Å². The van der Waals surface area contributed by atoms with E-state index < -0.39 is 0 Å². The van der Waals surface area contributed by atoms with Crippen LogP contribution in [0.4, 0.5) is 11.6 Å². The molecule has 2 fully saturated rings. The Morgan fingerprint density at radius 1 is 1.10 bits per heavy atom. The Kier molecular flexibility index (Phi) is 3.15. The number of fused-ring (bicyclic) bond motifs is 1. The predicted molar refractivity (Wildman–Crippen MR) is 85.6 cm³/mol. The molecule has 0 unspecified atom stereocenters. The van der Waals surface area contributed by atoms with Crippen LogP contribution in [0.2, 0.25) is 0 Å². The largest absolute Gasteiger partial charge is 0.364 e. The van der Waals surface area contributed by atoms with Gasteiger partial charge in [0.05, 0.1) is 11.0 Å². The van der Waals surface area contributed by atoms with Crippen molar-refractivity contribution in [1.29, 1.82) is 0 Å². The number of benzene rings is 1. The van der Waals surface area contributed by atoms with Crippen LogP contribution in [0.15, 0.2) is 24.3 Å². The molecule has 0 radical (unpaired) electrons. The van der Waals surface area contributed by atoms with E-state index in [0.717, 1.165) is 48.6 Å². The molecule has 1 aromatic carbocycles. The summed E-state index contributed by atoms with van der Waals surface area (Å²) in [4.78, 5) is 11.9. The van der Waals surface area contributed by atoms with Gasteiger partial charge in [0, 0.05) is 25.2 Å². The van der Waals surface area contributed by atoms with Gasteiger partial charge in [-0.1, -0.05) is 12.1 Å². The third kappa shape index (κ3) is 2.65. The molecule has 5 heteroatoms. The van der Waals surface area contributed by atoms with Crippen molar-refractivity contribution in [3.63, 3.8) is 0 Å². The highest BCUT2D eigenvalue weighted by atomic mass is 15.2. The van der Waals surface area contributed by atoms with Gasteiger partial charge in [-0.3, -0.25) is 0 Å². The summed E-state index contributed by atoms with van der Waals surface area (Å²) in [6, 6.07) is 8.87. The van der Waals surface area contributed by atoms with Crippen LogP contribution in [-0.4, -0.2) is 35.1 Å². The molecule has 1 atom stereocenters. The van der Waals surface area contributed by atoms with Gasteiger partial charge in [-0.15, -0.1) is 0 Å². The Bertz CT molecular complexity index is 652. The fraction of sp³-hybridized carbons (Fsp3) is 0.500. The minimum absolute atomic E-state index is 0.237. The lowest BCUT2D eigenvalue weighted by atomic mass is 10.1. The van der Waals surface area contributed by atoms with Gasteiger partial charge in [-0.25, -0.2) is 9.97 Å². The average Bonchev–Trinajstić information content (AvgIpc) is 3.30. The first-order valence-corrected chi connectivity index (χ1v) is 7.83. The van der Waals surface area contributed by atoms with Crippen molar-refractivity contribution in [2.45, 2.75) is 37.8 Å². The predicted octanol–water partition coefficient (Wildman–Crippen LogP) is 2.13. The highest BCUT2D eigenvalue weighted by Gasteiger charge is 2.26. The molecular weight excluding hydrogens is 262 g/mol. The van der Waals surface area contributed by atoms with Crippen molar-refractivity contribution >= 4 is 22.7 Å². The highest BCUT2D eigenvalue weighted by molar-refractivity contribution is 5.80. The van der Waals surface area contributed by atoms with E-state index in [-0.39, 0.29) is 6.04 Å². The fourth-order valence-corrected chi connectivity index (χ4v) is 2.93. The number of nitrogens with two attached hydrogens (primary N) is 1. The van der Waals surface area contributed by atoms with Crippen LogP contribution in [0.1, 0.15) is 25.7 Å². The molecule has 5 nitrogen and oxygen atoms in total. The van der Waals surface area contributed by atoms with Gasteiger partial charge in [0.15, 0.2) is 11.6 Å². The van der Waals surface area contributed by atoms with Crippen molar-refractivity contribution in [2.75, 3.05) is 23.3 Å². The fourth-order valence-electron chi connectivity index (χ4n) is 2.93. The van der Waals surface area contributed by atoms with Crippen molar-refractivity contribution in [2.24, 2.45) is 5.73 Å². The molecule has 1 aromatic heterocycles. The summed E-state index contributed by atoms with van der Waals surface area (Å²) in [6.07, 6.45) is 4.68. The van der Waals surface area contributed by atoms with Gasteiger partial charge in [0.2, 0.25) is 0 Å². The zero-order valence-corrected chi connectivity index (χ0v) is 12.1. The standard InChI is InChI=1S/C16H21N5/c17-11-4-3-9-21(10-11)16-15(18-12-7-8-12)19-13-5-1-2-6-14(13)20-16/h1-2,5-6,11-12H,3-4,7-10,17H2,(H,18,19)/t11-/m0/s1. The second-order valence-electron chi connectivity index (χ2n) is 6.15. The number of aromatic nitrogens is 2. The topological polar surface area (TPSA) is 67.1 Å². The molecule has 0 spiro atoms. The molecule has 2 aliphatic rings. The molecule has 0 amide bonds. The van der Waals surface area contributed by atoms with E-state index in [0.29, 0.717) is 6.04 Å². The van der Waals surface area contributed by atoms with Crippen LogP contribution >= 0.6 is 0 Å². The number of hydrogen-bond donors (Lipinski definition) is 2.